The van der Waals surface area contributed by atoms with E-state index >= 15 is 0 Å². The van der Waals surface area contributed by atoms with Crippen LogP contribution in [0.2, 0.25) is 0 Å². The fourth-order valence-corrected chi connectivity index (χ4v) is 4.20. The minimum atomic E-state index is -0.266. The number of amides is 1. The summed E-state index contributed by atoms with van der Waals surface area (Å²) in [6, 6.07) is 16.7. The Kier molecular flexibility index (Phi) is 5.67. The first-order valence-corrected chi connectivity index (χ1v) is 11.1. The van der Waals surface area contributed by atoms with Gasteiger partial charge in [-0.3, -0.25) is 9.59 Å². The molecule has 0 aliphatic carbocycles. The van der Waals surface area contributed by atoms with Gasteiger partial charge in [-0.2, -0.15) is 0 Å². The average Bonchev–Trinajstić information content (AvgIpc) is 3.41. The first kappa shape index (κ1) is 21.6. The van der Waals surface area contributed by atoms with Gasteiger partial charge in [-0.25, -0.2) is 0 Å². The van der Waals surface area contributed by atoms with Gasteiger partial charge in [-0.05, 0) is 37.1 Å². The average molecular weight is 456 g/mol. The molecule has 7 nitrogen and oxygen atoms in total. The molecule has 0 aliphatic heterocycles. The zero-order valence-corrected chi connectivity index (χ0v) is 18.9. The van der Waals surface area contributed by atoms with E-state index in [9.17, 15) is 9.59 Å². The molecule has 0 bridgehead atoms. The summed E-state index contributed by atoms with van der Waals surface area (Å²) in [6.07, 6.45) is 2.64. The Morgan fingerprint density at radius 2 is 1.88 bits per heavy atom. The summed E-state index contributed by atoms with van der Waals surface area (Å²) in [7, 11) is 1.64. The molecule has 0 saturated heterocycles. The molecule has 5 rings (SSSR count). The number of methoxy groups -OCH3 is 1. The number of carbonyl (C=O) groups excluding carboxylic acids is 1. The summed E-state index contributed by atoms with van der Waals surface area (Å²) >= 11 is 0. The Bertz CT molecular complexity index is 1540. The van der Waals surface area contributed by atoms with E-state index in [-0.39, 0.29) is 23.3 Å². The first-order chi connectivity index (χ1) is 16.5. The predicted octanol–water partition coefficient (Wildman–Crippen LogP) is 4.75. The molecule has 0 fully saturated rings. The zero-order chi connectivity index (χ0) is 23.7. The molecule has 0 saturated carbocycles. The number of nitrogens with one attached hydrogen (secondary N) is 2. The molecule has 3 heterocycles. The maximum absolute atomic E-state index is 12.9. The van der Waals surface area contributed by atoms with Gasteiger partial charge in [0.15, 0.2) is 5.58 Å². The van der Waals surface area contributed by atoms with Crippen molar-refractivity contribution in [2.45, 2.75) is 19.8 Å². The number of furan rings is 1. The number of aromatic nitrogens is 1. The van der Waals surface area contributed by atoms with E-state index < -0.39 is 0 Å². The molecule has 7 heteroatoms. The highest BCUT2D eigenvalue weighted by Gasteiger charge is 2.22. The molecule has 0 aliphatic rings. The Morgan fingerprint density at radius 3 is 2.68 bits per heavy atom. The Hall–Kier alpha value is -4.26. The summed E-state index contributed by atoms with van der Waals surface area (Å²) in [5.74, 6) is 1.55. The van der Waals surface area contributed by atoms with Crippen LogP contribution in [0.25, 0.3) is 33.4 Å². The van der Waals surface area contributed by atoms with Gasteiger partial charge in [-0.15, -0.1) is 0 Å². The minimum absolute atomic E-state index is 0.0331. The van der Waals surface area contributed by atoms with Crippen LogP contribution >= 0.6 is 0 Å². The molecule has 0 atom stereocenters. The van der Waals surface area contributed by atoms with Gasteiger partial charge < -0.3 is 23.9 Å². The third-order valence-corrected chi connectivity index (χ3v) is 5.84. The highest BCUT2D eigenvalue weighted by atomic mass is 16.5. The van der Waals surface area contributed by atoms with Crippen molar-refractivity contribution < 1.29 is 18.4 Å². The van der Waals surface area contributed by atoms with Crippen LogP contribution in [0, 0.1) is 6.92 Å². The molecule has 0 radical (unpaired) electrons. The van der Waals surface area contributed by atoms with Gasteiger partial charge in [0.05, 0.1) is 19.1 Å². The smallest absolute Gasteiger partial charge is 0.228 e. The van der Waals surface area contributed by atoms with Crippen LogP contribution in [0.15, 0.2) is 74.4 Å². The van der Waals surface area contributed by atoms with E-state index in [1.807, 2.05) is 54.7 Å². The van der Waals surface area contributed by atoms with Crippen molar-refractivity contribution in [3.63, 3.8) is 0 Å². The third kappa shape index (κ3) is 4.08. The van der Waals surface area contributed by atoms with E-state index in [0.717, 1.165) is 27.8 Å². The van der Waals surface area contributed by atoms with E-state index in [0.29, 0.717) is 35.6 Å². The number of carbonyl (C=O) groups is 1. The van der Waals surface area contributed by atoms with E-state index in [1.54, 1.807) is 14.0 Å². The van der Waals surface area contributed by atoms with E-state index in [4.69, 9.17) is 13.6 Å². The van der Waals surface area contributed by atoms with Crippen LogP contribution in [0.1, 0.15) is 16.9 Å². The number of hydrogen-bond acceptors (Lipinski definition) is 5. The lowest BCUT2D eigenvalue weighted by molar-refractivity contribution is -0.120. The number of fused-ring (bicyclic) bond motifs is 2. The van der Waals surface area contributed by atoms with Crippen LogP contribution in [-0.2, 0) is 17.6 Å². The monoisotopic (exact) mass is 456 g/mol. The number of H-pyrrole nitrogens is 1. The molecule has 5 aromatic rings. The van der Waals surface area contributed by atoms with Crippen molar-refractivity contribution in [1.29, 1.82) is 0 Å². The second-order valence-electron chi connectivity index (χ2n) is 8.16. The SMILES string of the molecule is COc1ccc2[nH]cc(CCNC(=O)Cc3c(-c4ccccc4)oc4c(=O)cc(C)oc34)c2c1. The number of rotatable bonds is 7. The van der Waals surface area contributed by atoms with Gasteiger partial charge in [0, 0.05) is 35.3 Å². The standard InChI is InChI=1S/C27H24N2O5/c1-16-12-23(30)27-26(33-16)21(25(34-27)17-6-4-3-5-7-17)14-24(31)28-11-10-18-15-29-22-9-8-19(32-2)13-20(18)22/h3-9,12-13,15,29H,10-11,14H2,1-2H3,(H,28,31). The molecule has 2 N–H and O–H groups in total. The molecule has 3 aromatic heterocycles. The van der Waals surface area contributed by atoms with Crippen LogP contribution < -0.4 is 15.5 Å². The lowest BCUT2D eigenvalue weighted by Gasteiger charge is -2.06. The highest BCUT2D eigenvalue weighted by molar-refractivity contribution is 5.90. The van der Waals surface area contributed by atoms with Crippen molar-refractivity contribution in [1.82, 2.24) is 10.3 Å². The van der Waals surface area contributed by atoms with Crippen molar-refractivity contribution >= 4 is 28.0 Å². The van der Waals surface area contributed by atoms with Crippen LogP contribution in [0.5, 0.6) is 5.75 Å². The number of benzene rings is 2. The molecule has 34 heavy (non-hydrogen) atoms. The number of hydrogen-bond donors (Lipinski definition) is 2. The van der Waals surface area contributed by atoms with Crippen molar-refractivity contribution in [2.75, 3.05) is 13.7 Å². The normalized spacial score (nSPS) is 11.2. The maximum Gasteiger partial charge on any atom is 0.228 e. The van der Waals surface area contributed by atoms with Gasteiger partial charge in [-0.1, -0.05) is 30.3 Å². The summed E-state index contributed by atoms with van der Waals surface area (Å²) in [5, 5.41) is 4.05. The minimum Gasteiger partial charge on any atom is -0.497 e. The van der Waals surface area contributed by atoms with Crippen LogP contribution in [0.4, 0.5) is 0 Å². The van der Waals surface area contributed by atoms with E-state index in [1.165, 1.54) is 6.07 Å². The van der Waals surface area contributed by atoms with Gasteiger partial charge in [0.25, 0.3) is 0 Å². The number of ether oxygens (including phenoxy) is 1. The van der Waals surface area contributed by atoms with Gasteiger partial charge in [0.1, 0.15) is 17.3 Å². The largest absolute Gasteiger partial charge is 0.497 e. The Labute approximate surface area is 195 Å². The van der Waals surface area contributed by atoms with Crippen molar-refractivity contribution in [2.24, 2.45) is 0 Å². The van der Waals surface area contributed by atoms with E-state index in [2.05, 4.69) is 10.3 Å². The Balaban J connectivity index is 1.37. The van der Waals surface area contributed by atoms with Crippen molar-refractivity contribution in [3.05, 3.63) is 87.9 Å². The molecule has 172 valence electrons. The second-order valence-corrected chi connectivity index (χ2v) is 8.16. The predicted molar refractivity (Wildman–Crippen MR) is 130 cm³/mol. The zero-order valence-electron chi connectivity index (χ0n) is 18.9. The lowest BCUT2D eigenvalue weighted by atomic mass is 10.1. The highest BCUT2D eigenvalue weighted by Crippen LogP contribution is 2.33. The lowest BCUT2D eigenvalue weighted by Crippen LogP contribution is -2.27. The Morgan fingerprint density at radius 1 is 1.06 bits per heavy atom. The summed E-state index contributed by atoms with van der Waals surface area (Å²) in [5.41, 5.74) is 3.64. The fourth-order valence-electron chi connectivity index (χ4n) is 4.20. The van der Waals surface area contributed by atoms with Gasteiger partial charge >= 0.3 is 0 Å². The summed E-state index contributed by atoms with van der Waals surface area (Å²) in [6.45, 7) is 2.17. The summed E-state index contributed by atoms with van der Waals surface area (Å²) < 4.78 is 17.0. The van der Waals surface area contributed by atoms with Crippen molar-refractivity contribution in [3.8, 4) is 17.1 Å². The molecule has 1 amide bonds. The molecular formula is C27H24N2O5. The van der Waals surface area contributed by atoms with Crippen LogP contribution in [0.3, 0.4) is 0 Å². The molecule has 0 unspecified atom stereocenters. The van der Waals surface area contributed by atoms with Gasteiger partial charge in [0.2, 0.25) is 16.9 Å². The third-order valence-electron chi connectivity index (χ3n) is 5.84. The molecule has 0 spiro atoms. The fraction of sp³-hybridized carbons (Fsp3) is 0.185. The van der Waals surface area contributed by atoms with Crippen LogP contribution in [-0.4, -0.2) is 24.5 Å². The topological polar surface area (TPSA) is 97.5 Å². The summed E-state index contributed by atoms with van der Waals surface area (Å²) in [4.78, 5) is 28.6. The first-order valence-electron chi connectivity index (χ1n) is 11.1. The number of aromatic amines is 1. The molecule has 2 aromatic carbocycles. The quantitative estimate of drug-likeness (QED) is 0.368. The number of aryl methyl sites for hydroxylation is 1. The second kappa shape index (κ2) is 8.94. The molecular weight excluding hydrogens is 432 g/mol. The maximum atomic E-state index is 12.9.